The Labute approximate surface area is 109 Å². The molecule has 0 bridgehead atoms. The number of carbonyl (C=O) groups is 1. The summed E-state index contributed by atoms with van der Waals surface area (Å²) >= 11 is 0. The lowest BCUT2D eigenvalue weighted by atomic mass is 9.85. The summed E-state index contributed by atoms with van der Waals surface area (Å²) in [4.78, 5) is 14.1. The van der Waals surface area contributed by atoms with Crippen molar-refractivity contribution in [2.24, 2.45) is 5.92 Å². The number of fused-ring (bicyclic) bond motifs is 1. The largest absolute Gasteiger partial charge is 0.341 e. The highest BCUT2D eigenvalue weighted by Gasteiger charge is 2.39. The number of nitrogens with zero attached hydrogens (tertiary/aromatic N) is 2. The van der Waals surface area contributed by atoms with E-state index in [9.17, 15) is 4.79 Å². The van der Waals surface area contributed by atoms with Crippen molar-refractivity contribution < 1.29 is 4.79 Å². The molecule has 1 aliphatic carbocycles. The van der Waals surface area contributed by atoms with Crippen LogP contribution in [0.5, 0.6) is 0 Å². The Morgan fingerprint density at radius 2 is 2.22 bits per heavy atom. The minimum Gasteiger partial charge on any atom is -0.341 e. The zero-order valence-corrected chi connectivity index (χ0v) is 11.4. The van der Waals surface area contributed by atoms with E-state index in [1.807, 2.05) is 14.0 Å². The van der Waals surface area contributed by atoms with Crippen LogP contribution >= 0.6 is 0 Å². The molecule has 0 spiro atoms. The molecule has 4 heteroatoms. The Morgan fingerprint density at radius 3 is 2.89 bits per heavy atom. The first-order valence-corrected chi connectivity index (χ1v) is 7.03. The van der Waals surface area contributed by atoms with Gasteiger partial charge in [0.2, 0.25) is 5.91 Å². The second-order valence-electron chi connectivity index (χ2n) is 5.77. The van der Waals surface area contributed by atoms with E-state index in [0.29, 0.717) is 18.4 Å². The number of nitriles is 1. The van der Waals surface area contributed by atoms with Crippen LogP contribution in [0.25, 0.3) is 0 Å². The highest BCUT2D eigenvalue weighted by atomic mass is 16.2. The monoisotopic (exact) mass is 249 g/mol. The fourth-order valence-electron chi connectivity index (χ4n) is 3.24. The van der Waals surface area contributed by atoms with Crippen LogP contribution in [0.15, 0.2) is 0 Å². The summed E-state index contributed by atoms with van der Waals surface area (Å²) in [6, 6.07) is 2.66. The van der Waals surface area contributed by atoms with Crippen LogP contribution in [-0.2, 0) is 4.79 Å². The SMILES string of the molecule is CC(CC#N)N(C)C(=O)C1CC2CCCCC2N1. The van der Waals surface area contributed by atoms with Gasteiger partial charge in [-0.2, -0.15) is 5.26 Å². The van der Waals surface area contributed by atoms with E-state index in [1.165, 1.54) is 25.7 Å². The first-order valence-electron chi connectivity index (χ1n) is 7.03. The van der Waals surface area contributed by atoms with Gasteiger partial charge in [0.1, 0.15) is 0 Å². The average molecular weight is 249 g/mol. The second kappa shape index (κ2) is 5.71. The normalized spacial score (nSPS) is 32.4. The first-order chi connectivity index (χ1) is 8.63. The van der Waals surface area contributed by atoms with E-state index in [0.717, 1.165) is 6.42 Å². The molecule has 4 nitrogen and oxygen atoms in total. The third-order valence-electron chi connectivity index (χ3n) is 4.56. The molecule has 0 radical (unpaired) electrons. The van der Waals surface area contributed by atoms with Gasteiger partial charge in [-0.25, -0.2) is 0 Å². The van der Waals surface area contributed by atoms with Gasteiger partial charge in [-0.3, -0.25) is 4.79 Å². The quantitative estimate of drug-likeness (QED) is 0.827. The molecule has 1 amide bonds. The van der Waals surface area contributed by atoms with Crippen LogP contribution in [-0.4, -0.2) is 36.0 Å². The lowest BCUT2D eigenvalue weighted by molar-refractivity contribution is -0.133. The number of hydrogen-bond donors (Lipinski definition) is 1. The molecule has 4 atom stereocenters. The van der Waals surface area contributed by atoms with Crippen LogP contribution in [0, 0.1) is 17.2 Å². The molecule has 100 valence electrons. The van der Waals surface area contributed by atoms with Gasteiger partial charge >= 0.3 is 0 Å². The highest BCUT2D eigenvalue weighted by Crippen LogP contribution is 2.33. The minimum absolute atomic E-state index is 0.00641. The maximum atomic E-state index is 12.4. The van der Waals surface area contributed by atoms with Gasteiger partial charge in [-0.1, -0.05) is 12.8 Å². The van der Waals surface area contributed by atoms with E-state index in [4.69, 9.17) is 5.26 Å². The molecule has 2 fully saturated rings. The Balaban J connectivity index is 1.92. The van der Waals surface area contributed by atoms with Crippen molar-refractivity contribution in [3.05, 3.63) is 0 Å². The molecular formula is C14H23N3O. The first kappa shape index (κ1) is 13.4. The minimum atomic E-state index is -0.0238. The molecule has 1 heterocycles. The molecule has 0 aromatic rings. The third-order valence-corrected chi connectivity index (χ3v) is 4.56. The van der Waals surface area contributed by atoms with Gasteiger partial charge in [0.05, 0.1) is 18.5 Å². The summed E-state index contributed by atoms with van der Waals surface area (Å²) in [5, 5.41) is 12.2. The average Bonchev–Trinajstić information content (AvgIpc) is 2.81. The second-order valence-corrected chi connectivity index (χ2v) is 5.77. The Kier molecular flexibility index (Phi) is 4.23. The predicted molar refractivity (Wildman–Crippen MR) is 69.7 cm³/mol. The third kappa shape index (κ3) is 2.67. The van der Waals surface area contributed by atoms with Gasteiger partial charge in [0.15, 0.2) is 0 Å². The molecule has 1 saturated carbocycles. The van der Waals surface area contributed by atoms with Crippen molar-refractivity contribution in [1.29, 1.82) is 5.26 Å². The van der Waals surface area contributed by atoms with E-state index < -0.39 is 0 Å². The highest BCUT2D eigenvalue weighted by molar-refractivity contribution is 5.82. The van der Waals surface area contributed by atoms with Gasteiger partial charge in [-0.05, 0) is 32.1 Å². The zero-order valence-electron chi connectivity index (χ0n) is 11.4. The molecule has 0 aromatic heterocycles. The standard InChI is InChI=1S/C14H23N3O/c1-10(7-8-15)17(2)14(18)13-9-11-5-3-4-6-12(11)16-13/h10-13,16H,3-7,9H2,1-2H3. The van der Waals surface area contributed by atoms with Crippen molar-refractivity contribution in [3.8, 4) is 6.07 Å². The number of rotatable bonds is 3. The zero-order chi connectivity index (χ0) is 13.1. The van der Waals surface area contributed by atoms with Gasteiger partial charge in [-0.15, -0.1) is 0 Å². The molecule has 0 aromatic carbocycles. The summed E-state index contributed by atoms with van der Waals surface area (Å²) in [7, 11) is 1.81. The lowest BCUT2D eigenvalue weighted by Crippen LogP contribution is -2.46. The van der Waals surface area contributed by atoms with Crippen molar-refractivity contribution in [3.63, 3.8) is 0 Å². The number of nitrogens with one attached hydrogen (secondary N) is 1. The van der Waals surface area contributed by atoms with Crippen LogP contribution in [0.1, 0.15) is 45.4 Å². The van der Waals surface area contributed by atoms with E-state index in [2.05, 4.69) is 11.4 Å². The molecule has 1 saturated heterocycles. The van der Waals surface area contributed by atoms with Crippen molar-refractivity contribution >= 4 is 5.91 Å². The van der Waals surface area contributed by atoms with Gasteiger partial charge < -0.3 is 10.2 Å². The number of likely N-dealkylation sites (N-methyl/N-ethyl adjacent to an activating group) is 1. The van der Waals surface area contributed by atoms with Gasteiger partial charge in [0, 0.05) is 19.1 Å². The molecule has 18 heavy (non-hydrogen) atoms. The van der Waals surface area contributed by atoms with E-state index >= 15 is 0 Å². The molecule has 2 aliphatic rings. The molecule has 2 rings (SSSR count). The summed E-state index contributed by atoms with van der Waals surface area (Å²) in [6.45, 7) is 1.93. The number of hydrogen-bond acceptors (Lipinski definition) is 3. The molecule has 1 aliphatic heterocycles. The topological polar surface area (TPSA) is 56.1 Å². The van der Waals surface area contributed by atoms with Crippen molar-refractivity contribution in [2.45, 2.75) is 63.6 Å². The fraction of sp³-hybridized carbons (Fsp3) is 0.857. The smallest absolute Gasteiger partial charge is 0.239 e. The summed E-state index contributed by atoms with van der Waals surface area (Å²) in [5.74, 6) is 0.847. The Bertz CT molecular complexity index is 335. The lowest BCUT2D eigenvalue weighted by Gasteiger charge is -2.26. The van der Waals surface area contributed by atoms with Crippen LogP contribution in [0.4, 0.5) is 0 Å². The summed E-state index contributed by atoms with van der Waals surface area (Å²) < 4.78 is 0. The van der Waals surface area contributed by atoms with Crippen LogP contribution in [0.3, 0.4) is 0 Å². The fourth-order valence-corrected chi connectivity index (χ4v) is 3.24. The Morgan fingerprint density at radius 1 is 1.50 bits per heavy atom. The molecular weight excluding hydrogens is 226 g/mol. The van der Waals surface area contributed by atoms with E-state index in [-0.39, 0.29) is 18.0 Å². The summed E-state index contributed by atoms with van der Waals surface area (Å²) in [5.41, 5.74) is 0. The van der Waals surface area contributed by atoms with Crippen molar-refractivity contribution in [2.75, 3.05) is 7.05 Å². The number of carbonyl (C=O) groups excluding carboxylic acids is 1. The number of amides is 1. The maximum absolute atomic E-state index is 12.4. The predicted octanol–water partition coefficient (Wildman–Crippen LogP) is 1.67. The van der Waals surface area contributed by atoms with Crippen LogP contribution < -0.4 is 5.32 Å². The van der Waals surface area contributed by atoms with Gasteiger partial charge in [0.25, 0.3) is 0 Å². The molecule has 4 unspecified atom stereocenters. The maximum Gasteiger partial charge on any atom is 0.239 e. The summed E-state index contributed by atoms with van der Waals surface area (Å²) in [6.07, 6.45) is 6.46. The van der Waals surface area contributed by atoms with E-state index in [1.54, 1.807) is 4.90 Å². The Hall–Kier alpha value is -1.08. The van der Waals surface area contributed by atoms with Crippen molar-refractivity contribution in [1.82, 2.24) is 10.2 Å². The molecule has 1 N–H and O–H groups in total. The van der Waals surface area contributed by atoms with Crippen LogP contribution in [0.2, 0.25) is 0 Å².